The van der Waals surface area contributed by atoms with Gasteiger partial charge in [-0.2, -0.15) is 26.3 Å². The van der Waals surface area contributed by atoms with Gasteiger partial charge < -0.3 is 23.7 Å². The fourth-order valence-corrected chi connectivity index (χ4v) is 4.68. The van der Waals surface area contributed by atoms with Crippen molar-refractivity contribution in [2.75, 3.05) is 20.8 Å². The van der Waals surface area contributed by atoms with Gasteiger partial charge in [0.05, 0.1) is 0 Å². The maximum atomic E-state index is 14.3. The Morgan fingerprint density at radius 1 is 0.886 bits per heavy atom. The Hall–Kier alpha value is -4.17. The lowest BCUT2D eigenvalue weighted by Gasteiger charge is -2.34. The minimum Gasteiger partial charge on any atom is -0.459 e. The Balaban J connectivity index is 1.81. The highest BCUT2D eigenvalue weighted by atomic mass is 19.4. The fourth-order valence-electron chi connectivity index (χ4n) is 4.68. The van der Waals surface area contributed by atoms with Gasteiger partial charge in [0, 0.05) is 37.3 Å². The van der Waals surface area contributed by atoms with Gasteiger partial charge in [0.1, 0.15) is 12.7 Å². The van der Waals surface area contributed by atoms with E-state index >= 15 is 0 Å². The van der Waals surface area contributed by atoms with Gasteiger partial charge in [-0.15, -0.1) is 0 Å². The number of alkyl halides is 6. The molecule has 1 fully saturated rings. The number of carbonyl (C=O) groups is 3. The van der Waals surface area contributed by atoms with Crippen LogP contribution in [0.2, 0.25) is 0 Å². The molecule has 1 aliphatic rings. The van der Waals surface area contributed by atoms with Gasteiger partial charge in [0.15, 0.2) is 6.10 Å². The Kier molecular flexibility index (Phi) is 10.3. The van der Waals surface area contributed by atoms with Crippen LogP contribution in [0.15, 0.2) is 84.5 Å². The number of benzene rings is 2. The summed E-state index contributed by atoms with van der Waals surface area (Å²) in [7, 11) is 1.37. The Morgan fingerprint density at radius 2 is 1.34 bits per heavy atom. The van der Waals surface area contributed by atoms with Gasteiger partial charge in [-0.05, 0) is 18.6 Å². The highest BCUT2D eigenvalue weighted by Gasteiger charge is 2.65. The number of carbonyl (C=O) groups excluding carboxylic acids is 3. The molecular weight excluding hydrogens is 602 g/mol. The monoisotopic (exact) mass is 630 g/mol. The molecule has 0 aliphatic carbocycles. The first-order valence-electron chi connectivity index (χ1n) is 12.8. The smallest absolute Gasteiger partial charge is 0.432 e. The summed E-state index contributed by atoms with van der Waals surface area (Å²) in [4.78, 5) is 38.4. The van der Waals surface area contributed by atoms with E-state index in [1.54, 1.807) is 0 Å². The Labute approximate surface area is 248 Å². The second kappa shape index (κ2) is 13.2. The lowest BCUT2D eigenvalue weighted by atomic mass is 9.92. The molecule has 1 heterocycles. The largest absolute Gasteiger partial charge is 0.459 e. The molecule has 0 bridgehead atoms. The van der Waals surface area contributed by atoms with E-state index in [9.17, 15) is 40.7 Å². The third-order valence-electron chi connectivity index (χ3n) is 6.89. The first kappa shape index (κ1) is 34.3. The third-order valence-corrected chi connectivity index (χ3v) is 6.89. The van der Waals surface area contributed by atoms with Crippen molar-refractivity contribution in [1.82, 2.24) is 0 Å². The van der Waals surface area contributed by atoms with Crippen LogP contribution in [0.1, 0.15) is 24.5 Å². The van der Waals surface area contributed by atoms with Crippen molar-refractivity contribution in [2.24, 2.45) is 0 Å². The number of ether oxygens (including phenoxy) is 5. The number of esters is 3. The van der Waals surface area contributed by atoms with E-state index in [0.29, 0.717) is 14.2 Å². The SMILES string of the molecule is C=C(C)[C@@H](OC(=O)[C@@](OC)(c1ccccc1)C(F)(F)F)[C@@H]1C/C(=C/COC(=O)[C@@](OC)(c2ccccc2)C(F)(F)F)C(=O)O1. The van der Waals surface area contributed by atoms with Crippen LogP contribution in [0.4, 0.5) is 26.3 Å². The molecule has 2 aromatic rings. The zero-order chi connectivity index (χ0) is 32.9. The predicted octanol–water partition coefficient (Wildman–Crippen LogP) is 5.47. The lowest BCUT2D eigenvalue weighted by molar-refractivity contribution is -0.279. The Morgan fingerprint density at radius 3 is 1.75 bits per heavy atom. The summed E-state index contributed by atoms with van der Waals surface area (Å²) in [5.74, 6) is -4.68. The van der Waals surface area contributed by atoms with Crippen molar-refractivity contribution in [3.8, 4) is 0 Å². The van der Waals surface area contributed by atoms with Crippen molar-refractivity contribution in [3.05, 3.63) is 95.6 Å². The maximum Gasteiger partial charge on any atom is 0.432 e. The quantitative estimate of drug-likeness (QED) is 0.106. The lowest BCUT2D eigenvalue weighted by Crippen LogP contribution is -2.53. The summed E-state index contributed by atoms with van der Waals surface area (Å²) in [5, 5.41) is 0. The molecule has 0 amide bonds. The summed E-state index contributed by atoms with van der Waals surface area (Å²) in [5.41, 5.74) is -8.27. The van der Waals surface area contributed by atoms with Crippen LogP contribution < -0.4 is 0 Å². The van der Waals surface area contributed by atoms with Gasteiger partial charge in [-0.25, -0.2) is 14.4 Å². The molecule has 0 saturated carbocycles. The highest BCUT2D eigenvalue weighted by Crippen LogP contribution is 2.45. The highest BCUT2D eigenvalue weighted by molar-refractivity contribution is 5.91. The Bertz CT molecular complexity index is 1390. The number of hydrogen-bond donors (Lipinski definition) is 0. The number of rotatable bonds is 11. The van der Waals surface area contributed by atoms with Gasteiger partial charge in [-0.1, -0.05) is 67.2 Å². The standard InChI is InChI=1S/C30H28F6O8/c1-18(2)23(44-26(39)28(41-4,30(34,35)36)21-13-9-6-10-14-21)22-17-19(24(37)43-22)15-16-42-25(38)27(40-3,29(31,32)33)20-11-7-5-8-12-20/h5-15,22-23H,1,16-17H2,2-4H3/b19-15-/t22-,23+,27-,28-/m0/s1. The molecule has 3 rings (SSSR count). The first-order valence-corrected chi connectivity index (χ1v) is 12.8. The summed E-state index contributed by atoms with van der Waals surface area (Å²) in [6, 6.07) is 12.1. The van der Waals surface area contributed by atoms with Crippen molar-refractivity contribution >= 4 is 17.9 Å². The third kappa shape index (κ3) is 6.36. The first-order chi connectivity index (χ1) is 20.6. The van der Waals surface area contributed by atoms with E-state index in [1.165, 1.54) is 43.3 Å². The van der Waals surface area contributed by atoms with Gasteiger partial charge in [0.2, 0.25) is 0 Å². The maximum absolute atomic E-state index is 14.3. The van der Waals surface area contributed by atoms with Crippen LogP contribution >= 0.6 is 0 Å². The van der Waals surface area contributed by atoms with Crippen LogP contribution in [0.25, 0.3) is 0 Å². The average Bonchev–Trinajstić information content (AvgIpc) is 3.32. The van der Waals surface area contributed by atoms with E-state index < -0.39 is 71.4 Å². The average molecular weight is 631 g/mol. The van der Waals surface area contributed by atoms with Crippen LogP contribution in [0, 0.1) is 0 Å². The second-order valence-corrected chi connectivity index (χ2v) is 9.65. The minimum absolute atomic E-state index is 0.0157. The molecule has 8 nitrogen and oxygen atoms in total. The molecule has 1 saturated heterocycles. The fraction of sp³-hybridized carbons (Fsp3) is 0.367. The molecule has 4 atom stereocenters. The molecule has 0 unspecified atom stereocenters. The van der Waals surface area contributed by atoms with Crippen molar-refractivity contribution < 1.29 is 64.4 Å². The zero-order valence-corrected chi connectivity index (χ0v) is 23.7. The molecule has 0 spiro atoms. The van der Waals surface area contributed by atoms with E-state index in [4.69, 9.17) is 18.9 Å². The number of cyclic esters (lactones) is 1. The zero-order valence-electron chi connectivity index (χ0n) is 23.7. The van der Waals surface area contributed by atoms with E-state index in [0.717, 1.165) is 30.3 Å². The normalized spacial score (nSPS) is 19.8. The van der Waals surface area contributed by atoms with Crippen molar-refractivity contribution in [1.29, 1.82) is 0 Å². The van der Waals surface area contributed by atoms with Gasteiger partial charge >= 0.3 is 30.3 Å². The molecule has 2 aromatic carbocycles. The van der Waals surface area contributed by atoms with E-state index in [2.05, 4.69) is 11.3 Å². The van der Waals surface area contributed by atoms with Gasteiger partial charge in [-0.3, -0.25) is 0 Å². The molecule has 1 aliphatic heterocycles. The van der Waals surface area contributed by atoms with Gasteiger partial charge in [0.25, 0.3) is 11.2 Å². The van der Waals surface area contributed by atoms with Crippen molar-refractivity contribution in [3.63, 3.8) is 0 Å². The van der Waals surface area contributed by atoms with Crippen molar-refractivity contribution in [2.45, 2.75) is 49.1 Å². The number of halogens is 6. The van der Waals surface area contributed by atoms with Crippen LogP contribution in [0.5, 0.6) is 0 Å². The summed E-state index contributed by atoms with van der Waals surface area (Å²) >= 11 is 0. The molecule has 14 heteroatoms. The van der Waals surface area contributed by atoms with Crippen LogP contribution in [-0.2, 0) is 49.3 Å². The predicted molar refractivity (Wildman–Crippen MR) is 141 cm³/mol. The van der Waals surface area contributed by atoms with Crippen LogP contribution in [0.3, 0.4) is 0 Å². The summed E-state index contributed by atoms with van der Waals surface area (Å²) in [6.07, 6.45) is -12.8. The molecule has 0 radical (unpaired) electrons. The molecule has 44 heavy (non-hydrogen) atoms. The van der Waals surface area contributed by atoms with E-state index in [-0.39, 0.29) is 17.6 Å². The molecular formula is C30H28F6O8. The number of methoxy groups -OCH3 is 2. The van der Waals surface area contributed by atoms with E-state index in [1.807, 2.05) is 0 Å². The van der Waals surface area contributed by atoms with Crippen LogP contribution in [-0.4, -0.2) is 63.3 Å². The molecule has 0 aromatic heterocycles. The second-order valence-electron chi connectivity index (χ2n) is 9.65. The topological polar surface area (TPSA) is 97.4 Å². The number of hydrogen-bond acceptors (Lipinski definition) is 8. The summed E-state index contributed by atoms with van der Waals surface area (Å²) < 4.78 is 110. The molecule has 238 valence electrons. The summed E-state index contributed by atoms with van der Waals surface area (Å²) in [6.45, 7) is 4.12. The minimum atomic E-state index is -5.27. The molecule has 0 N–H and O–H groups in total.